The summed E-state index contributed by atoms with van der Waals surface area (Å²) in [7, 11) is 0. The van der Waals surface area contributed by atoms with E-state index in [9.17, 15) is 0 Å². The Morgan fingerprint density at radius 2 is 1.67 bits per heavy atom. The molecule has 0 unspecified atom stereocenters. The van der Waals surface area contributed by atoms with Gasteiger partial charge in [0, 0.05) is 24.2 Å². The van der Waals surface area contributed by atoms with Crippen LogP contribution >= 0.6 is 0 Å². The molecule has 2 heterocycles. The van der Waals surface area contributed by atoms with Gasteiger partial charge >= 0.3 is 0 Å². The smallest absolute Gasteiger partial charge is 0.123 e. The third-order valence-electron chi connectivity index (χ3n) is 2.40. The maximum atomic E-state index is 5.56. The van der Waals surface area contributed by atoms with Gasteiger partial charge in [-0.05, 0) is 42.7 Å². The highest BCUT2D eigenvalue weighted by Crippen LogP contribution is 2.25. The standard InChI is InChI=1S/C12H13N3/c1-8-5-14-6-9(2)12(8)10-3-4-11(13)15-7-10/h3-7H,1-2H3,(H2,13,15). The van der Waals surface area contributed by atoms with Crippen LogP contribution in [0.15, 0.2) is 30.7 Å². The fourth-order valence-electron chi connectivity index (χ4n) is 1.71. The number of nitrogen functional groups attached to an aromatic ring is 1. The quantitative estimate of drug-likeness (QED) is 0.767. The number of nitrogens with zero attached hydrogens (tertiary/aromatic N) is 2. The number of hydrogen-bond acceptors (Lipinski definition) is 3. The summed E-state index contributed by atoms with van der Waals surface area (Å²) < 4.78 is 0. The van der Waals surface area contributed by atoms with Crippen LogP contribution in [0.4, 0.5) is 5.82 Å². The summed E-state index contributed by atoms with van der Waals surface area (Å²) in [5.41, 5.74) is 10.1. The Labute approximate surface area is 89.0 Å². The lowest BCUT2D eigenvalue weighted by Crippen LogP contribution is -1.93. The van der Waals surface area contributed by atoms with Gasteiger partial charge in [0.1, 0.15) is 5.82 Å². The lowest BCUT2D eigenvalue weighted by atomic mass is 10.00. The van der Waals surface area contributed by atoms with Gasteiger partial charge in [0.25, 0.3) is 0 Å². The van der Waals surface area contributed by atoms with Crippen LogP contribution in [0, 0.1) is 13.8 Å². The summed E-state index contributed by atoms with van der Waals surface area (Å²) in [6, 6.07) is 3.80. The van der Waals surface area contributed by atoms with Crippen LogP contribution in [-0.2, 0) is 0 Å². The average molecular weight is 199 g/mol. The molecule has 0 aliphatic rings. The van der Waals surface area contributed by atoms with Crippen LogP contribution in [-0.4, -0.2) is 9.97 Å². The minimum Gasteiger partial charge on any atom is -0.384 e. The van der Waals surface area contributed by atoms with Crippen molar-refractivity contribution in [1.82, 2.24) is 9.97 Å². The maximum Gasteiger partial charge on any atom is 0.123 e. The van der Waals surface area contributed by atoms with Crippen molar-refractivity contribution in [2.24, 2.45) is 0 Å². The monoisotopic (exact) mass is 199 g/mol. The largest absolute Gasteiger partial charge is 0.384 e. The molecule has 3 nitrogen and oxygen atoms in total. The molecule has 0 amide bonds. The van der Waals surface area contributed by atoms with E-state index in [1.54, 1.807) is 6.20 Å². The molecular weight excluding hydrogens is 186 g/mol. The predicted octanol–water partition coefficient (Wildman–Crippen LogP) is 2.34. The molecular formula is C12H13N3. The first-order valence-corrected chi connectivity index (χ1v) is 4.81. The van der Waals surface area contributed by atoms with Crippen molar-refractivity contribution in [2.45, 2.75) is 13.8 Å². The molecule has 0 aliphatic heterocycles. The van der Waals surface area contributed by atoms with Crippen molar-refractivity contribution in [3.63, 3.8) is 0 Å². The van der Waals surface area contributed by atoms with Gasteiger partial charge < -0.3 is 5.73 Å². The molecule has 3 heteroatoms. The SMILES string of the molecule is Cc1cncc(C)c1-c1ccc(N)nc1. The number of rotatable bonds is 1. The molecule has 0 bridgehead atoms. The molecule has 0 saturated heterocycles. The third-order valence-corrected chi connectivity index (χ3v) is 2.40. The third kappa shape index (κ3) is 1.81. The summed E-state index contributed by atoms with van der Waals surface area (Å²) in [5.74, 6) is 0.545. The fourth-order valence-corrected chi connectivity index (χ4v) is 1.71. The zero-order valence-corrected chi connectivity index (χ0v) is 8.86. The van der Waals surface area contributed by atoms with Crippen molar-refractivity contribution in [2.75, 3.05) is 5.73 Å². The molecule has 2 N–H and O–H groups in total. The van der Waals surface area contributed by atoms with E-state index in [1.807, 2.05) is 38.4 Å². The minimum atomic E-state index is 0.545. The van der Waals surface area contributed by atoms with Gasteiger partial charge in [-0.1, -0.05) is 0 Å². The van der Waals surface area contributed by atoms with Crippen molar-refractivity contribution in [3.05, 3.63) is 41.9 Å². The number of hydrogen-bond donors (Lipinski definition) is 1. The highest BCUT2D eigenvalue weighted by Gasteiger charge is 2.05. The summed E-state index contributed by atoms with van der Waals surface area (Å²) >= 11 is 0. The Balaban J connectivity index is 2.58. The van der Waals surface area contributed by atoms with E-state index >= 15 is 0 Å². The van der Waals surface area contributed by atoms with Crippen LogP contribution in [0.25, 0.3) is 11.1 Å². The Kier molecular flexibility index (Phi) is 2.37. The molecule has 2 aromatic rings. The Morgan fingerprint density at radius 3 is 2.20 bits per heavy atom. The maximum absolute atomic E-state index is 5.56. The second-order valence-electron chi connectivity index (χ2n) is 3.62. The summed E-state index contributed by atoms with van der Waals surface area (Å²) in [4.78, 5) is 8.24. The number of aromatic nitrogens is 2. The van der Waals surface area contributed by atoms with Crippen LogP contribution < -0.4 is 5.73 Å². The molecule has 0 saturated carbocycles. The molecule has 0 aromatic carbocycles. The van der Waals surface area contributed by atoms with Gasteiger partial charge in [-0.3, -0.25) is 4.98 Å². The molecule has 0 atom stereocenters. The lowest BCUT2D eigenvalue weighted by Gasteiger charge is -2.08. The first-order valence-electron chi connectivity index (χ1n) is 4.81. The Bertz CT molecular complexity index is 454. The highest BCUT2D eigenvalue weighted by molar-refractivity contribution is 5.69. The molecule has 15 heavy (non-hydrogen) atoms. The van der Waals surface area contributed by atoms with E-state index in [0.717, 1.165) is 16.7 Å². The van der Waals surface area contributed by atoms with Gasteiger partial charge in [-0.25, -0.2) is 4.98 Å². The lowest BCUT2D eigenvalue weighted by molar-refractivity contribution is 1.21. The molecule has 2 rings (SSSR count). The van der Waals surface area contributed by atoms with E-state index in [1.165, 1.54) is 5.56 Å². The van der Waals surface area contributed by atoms with Crippen LogP contribution in [0.2, 0.25) is 0 Å². The van der Waals surface area contributed by atoms with Crippen molar-refractivity contribution in [3.8, 4) is 11.1 Å². The molecule has 0 radical (unpaired) electrons. The van der Waals surface area contributed by atoms with E-state index in [0.29, 0.717) is 5.82 Å². The number of pyridine rings is 2. The van der Waals surface area contributed by atoms with Crippen molar-refractivity contribution in [1.29, 1.82) is 0 Å². The topological polar surface area (TPSA) is 51.8 Å². The second kappa shape index (κ2) is 3.69. The van der Waals surface area contributed by atoms with Crippen LogP contribution in [0.3, 0.4) is 0 Å². The van der Waals surface area contributed by atoms with Crippen molar-refractivity contribution >= 4 is 5.82 Å². The zero-order chi connectivity index (χ0) is 10.8. The predicted molar refractivity (Wildman–Crippen MR) is 61.4 cm³/mol. The van der Waals surface area contributed by atoms with E-state index < -0.39 is 0 Å². The van der Waals surface area contributed by atoms with E-state index in [2.05, 4.69) is 9.97 Å². The van der Waals surface area contributed by atoms with Crippen LogP contribution in [0.5, 0.6) is 0 Å². The van der Waals surface area contributed by atoms with Crippen LogP contribution in [0.1, 0.15) is 11.1 Å². The van der Waals surface area contributed by atoms with Gasteiger partial charge in [-0.15, -0.1) is 0 Å². The summed E-state index contributed by atoms with van der Waals surface area (Å²) in [6.45, 7) is 4.09. The highest BCUT2D eigenvalue weighted by atomic mass is 14.8. The Hall–Kier alpha value is -1.90. The Morgan fingerprint density at radius 1 is 1.00 bits per heavy atom. The molecule has 0 aliphatic carbocycles. The van der Waals surface area contributed by atoms with Crippen molar-refractivity contribution < 1.29 is 0 Å². The number of nitrogens with two attached hydrogens (primary N) is 1. The molecule has 76 valence electrons. The number of anilines is 1. The van der Waals surface area contributed by atoms with E-state index in [-0.39, 0.29) is 0 Å². The number of aryl methyl sites for hydroxylation is 2. The van der Waals surface area contributed by atoms with Gasteiger partial charge in [0.05, 0.1) is 0 Å². The average Bonchev–Trinajstić information content (AvgIpc) is 2.20. The van der Waals surface area contributed by atoms with Gasteiger partial charge in [0.2, 0.25) is 0 Å². The summed E-state index contributed by atoms with van der Waals surface area (Å²) in [5, 5.41) is 0. The van der Waals surface area contributed by atoms with Gasteiger partial charge in [0.15, 0.2) is 0 Å². The van der Waals surface area contributed by atoms with Gasteiger partial charge in [-0.2, -0.15) is 0 Å². The molecule has 0 spiro atoms. The minimum absolute atomic E-state index is 0.545. The second-order valence-corrected chi connectivity index (χ2v) is 3.62. The van der Waals surface area contributed by atoms with E-state index in [4.69, 9.17) is 5.73 Å². The fraction of sp³-hybridized carbons (Fsp3) is 0.167. The first kappa shape index (κ1) is 9.65. The first-order chi connectivity index (χ1) is 7.18. The molecule has 0 fully saturated rings. The zero-order valence-electron chi connectivity index (χ0n) is 8.86. The normalized spacial score (nSPS) is 10.3. The molecule has 2 aromatic heterocycles. The summed E-state index contributed by atoms with van der Waals surface area (Å²) in [6.07, 6.45) is 5.52.